The van der Waals surface area contributed by atoms with Crippen LogP contribution in [0.4, 0.5) is 9.18 Å². The lowest BCUT2D eigenvalue weighted by Gasteiger charge is -2.30. The first-order valence-electron chi connectivity index (χ1n) is 9.24. The summed E-state index contributed by atoms with van der Waals surface area (Å²) in [6, 6.07) is 10.8. The Bertz CT molecular complexity index is 1030. The summed E-state index contributed by atoms with van der Waals surface area (Å²) in [6.45, 7) is 2.11. The molecule has 1 atom stereocenters. The number of benzene rings is 2. The van der Waals surface area contributed by atoms with Crippen LogP contribution in [0.1, 0.15) is 23.6 Å². The van der Waals surface area contributed by atoms with Crippen molar-refractivity contribution in [3.8, 4) is 0 Å². The number of carbonyl (C=O) groups is 3. The third kappa shape index (κ3) is 3.35. The van der Waals surface area contributed by atoms with Crippen LogP contribution in [-0.4, -0.2) is 40.7 Å². The predicted octanol–water partition coefficient (Wildman–Crippen LogP) is 2.83. The van der Waals surface area contributed by atoms with Crippen LogP contribution in [0.25, 0.3) is 0 Å². The number of halogens is 2. The summed E-state index contributed by atoms with van der Waals surface area (Å²) in [5.41, 5.74) is 1.08. The number of hydrogen-bond acceptors (Lipinski definition) is 3. The Morgan fingerprint density at radius 3 is 2.66 bits per heavy atom. The van der Waals surface area contributed by atoms with Crippen LogP contribution in [0, 0.1) is 5.82 Å². The zero-order valence-corrected chi connectivity index (χ0v) is 16.5. The molecule has 1 unspecified atom stereocenters. The van der Waals surface area contributed by atoms with Crippen molar-refractivity contribution in [2.45, 2.75) is 25.4 Å². The highest BCUT2D eigenvalue weighted by Gasteiger charge is 2.50. The number of imide groups is 1. The van der Waals surface area contributed by atoms with Gasteiger partial charge in [-0.05, 0) is 36.6 Å². The molecule has 150 valence electrons. The van der Waals surface area contributed by atoms with Gasteiger partial charge in [-0.1, -0.05) is 41.9 Å². The Labute approximate surface area is 172 Å². The SMILES string of the molecule is CC1(c2ccc(F)cc2Cl)NC(=O)N(CC(=O)N2CCc3ccccc3C2)C1=O. The van der Waals surface area contributed by atoms with Gasteiger partial charge in [0.25, 0.3) is 5.91 Å². The van der Waals surface area contributed by atoms with Crippen LogP contribution in [0.2, 0.25) is 5.02 Å². The van der Waals surface area contributed by atoms with E-state index in [1.165, 1.54) is 24.6 Å². The molecule has 1 fully saturated rings. The molecule has 0 saturated carbocycles. The van der Waals surface area contributed by atoms with Gasteiger partial charge in [-0.2, -0.15) is 0 Å². The number of amides is 4. The van der Waals surface area contributed by atoms with Gasteiger partial charge in [0.2, 0.25) is 5.91 Å². The Balaban J connectivity index is 1.52. The third-order valence-corrected chi connectivity index (χ3v) is 5.83. The molecule has 0 aliphatic carbocycles. The lowest BCUT2D eigenvalue weighted by Crippen LogP contribution is -2.45. The van der Waals surface area contributed by atoms with E-state index in [0.717, 1.165) is 23.0 Å². The van der Waals surface area contributed by atoms with Crippen molar-refractivity contribution in [1.82, 2.24) is 15.1 Å². The van der Waals surface area contributed by atoms with Crippen molar-refractivity contribution in [1.29, 1.82) is 0 Å². The summed E-state index contributed by atoms with van der Waals surface area (Å²) < 4.78 is 13.4. The number of rotatable bonds is 3. The molecule has 0 aromatic heterocycles. The molecule has 2 aromatic carbocycles. The smallest absolute Gasteiger partial charge is 0.325 e. The van der Waals surface area contributed by atoms with E-state index in [-0.39, 0.29) is 23.0 Å². The minimum absolute atomic E-state index is 0.0296. The topological polar surface area (TPSA) is 69.7 Å². The van der Waals surface area contributed by atoms with Crippen LogP contribution >= 0.6 is 11.6 Å². The van der Waals surface area contributed by atoms with Gasteiger partial charge in [-0.15, -0.1) is 0 Å². The highest BCUT2D eigenvalue weighted by molar-refractivity contribution is 6.32. The van der Waals surface area contributed by atoms with Crippen LogP contribution < -0.4 is 5.32 Å². The summed E-state index contributed by atoms with van der Waals surface area (Å²) in [6.07, 6.45) is 0.727. The number of urea groups is 1. The van der Waals surface area contributed by atoms with Crippen molar-refractivity contribution in [3.63, 3.8) is 0 Å². The Morgan fingerprint density at radius 2 is 1.93 bits per heavy atom. The van der Waals surface area contributed by atoms with Crippen molar-refractivity contribution >= 4 is 29.4 Å². The standard InChI is InChI=1S/C21H19ClFN3O3/c1-21(16-7-6-15(23)10-17(16)22)19(28)26(20(29)24-21)12-18(27)25-9-8-13-4-2-3-5-14(13)11-25/h2-7,10H,8-9,11-12H2,1H3,(H,24,29). The molecule has 6 nitrogen and oxygen atoms in total. The monoisotopic (exact) mass is 415 g/mol. The summed E-state index contributed by atoms with van der Waals surface area (Å²) in [5, 5.41) is 2.62. The summed E-state index contributed by atoms with van der Waals surface area (Å²) in [7, 11) is 0. The van der Waals surface area contributed by atoms with Gasteiger partial charge in [-0.3, -0.25) is 14.5 Å². The Hall–Kier alpha value is -2.93. The Kier molecular flexibility index (Phi) is 4.78. The maximum atomic E-state index is 13.4. The average molecular weight is 416 g/mol. The second kappa shape index (κ2) is 7.15. The molecule has 0 bridgehead atoms. The predicted molar refractivity (Wildman–Crippen MR) is 105 cm³/mol. The molecule has 2 heterocycles. The molecule has 4 rings (SSSR count). The summed E-state index contributed by atoms with van der Waals surface area (Å²) >= 11 is 6.10. The molecule has 0 radical (unpaired) electrons. The van der Waals surface area contributed by atoms with E-state index in [1.54, 1.807) is 4.90 Å². The lowest BCUT2D eigenvalue weighted by molar-refractivity contribution is -0.139. The highest BCUT2D eigenvalue weighted by atomic mass is 35.5. The van der Waals surface area contributed by atoms with Crippen LogP contribution in [0.5, 0.6) is 0 Å². The molecule has 2 aliphatic heterocycles. The van der Waals surface area contributed by atoms with Crippen molar-refractivity contribution < 1.29 is 18.8 Å². The molecule has 1 saturated heterocycles. The molecule has 4 amide bonds. The summed E-state index contributed by atoms with van der Waals surface area (Å²) in [4.78, 5) is 40.8. The van der Waals surface area contributed by atoms with Crippen LogP contribution in [0.3, 0.4) is 0 Å². The fourth-order valence-corrected chi connectivity index (χ4v) is 4.22. The molecule has 0 spiro atoms. The van der Waals surface area contributed by atoms with E-state index in [1.807, 2.05) is 24.3 Å². The Morgan fingerprint density at radius 1 is 1.21 bits per heavy atom. The second-order valence-corrected chi connectivity index (χ2v) is 7.81. The molecule has 1 N–H and O–H groups in total. The number of hydrogen-bond donors (Lipinski definition) is 1. The average Bonchev–Trinajstić information content (AvgIpc) is 2.91. The van der Waals surface area contributed by atoms with Gasteiger partial charge in [-0.25, -0.2) is 9.18 Å². The first-order valence-corrected chi connectivity index (χ1v) is 9.61. The van der Waals surface area contributed by atoms with Crippen LogP contribution in [-0.2, 0) is 28.1 Å². The van der Waals surface area contributed by atoms with Crippen molar-refractivity contribution in [2.75, 3.05) is 13.1 Å². The maximum absolute atomic E-state index is 13.4. The first kappa shape index (κ1) is 19.4. The summed E-state index contributed by atoms with van der Waals surface area (Å²) in [5.74, 6) is -1.45. The van der Waals surface area contributed by atoms with Gasteiger partial charge in [0, 0.05) is 23.7 Å². The van der Waals surface area contributed by atoms with E-state index in [9.17, 15) is 18.8 Å². The van der Waals surface area contributed by atoms with Crippen LogP contribution in [0.15, 0.2) is 42.5 Å². The highest BCUT2D eigenvalue weighted by Crippen LogP contribution is 2.34. The molecular weight excluding hydrogens is 397 g/mol. The number of carbonyl (C=O) groups excluding carboxylic acids is 3. The van der Waals surface area contributed by atoms with Crippen molar-refractivity contribution in [2.24, 2.45) is 0 Å². The van der Waals surface area contributed by atoms with Crippen molar-refractivity contribution in [3.05, 3.63) is 70.0 Å². The van der Waals surface area contributed by atoms with E-state index in [0.29, 0.717) is 13.1 Å². The van der Waals surface area contributed by atoms with Gasteiger partial charge in [0.05, 0.1) is 0 Å². The quantitative estimate of drug-likeness (QED) is 0.784. The lowest BCUT2D eigenvalue weighted by atomic mass is 9.92. The third-order valence-electron chi connectivity index (χ3n) is 5.52. The molecule has 29 heavy (non-hydrogen) atoms. The fraction of sp³-hybridized carbons (Fsp3) is 0.286. The minimum atomic E-state index is -1.46. The zero-order valence-electron chi connectivity index (χ0n) is 15.7. The molecular formula is C21H19ClFN3O3. The normalized spacial score (nSPS) is 21.2. The van der Waals surface area contributed by atoms with E-state index in [4.69, 9.17) is 11.6 Å². The number of nitrogens with zero attached hydrogens (tertiary/aromatic N) is 2. The minimum Gasteiger partial charge on any atom is -0.336 e. The largest absolute Gasteiger partial charge is 0.336 e. The molecule has 2 aliphatic rings. The van der Waals surface area contributed by atoms with Gasteiger partial charge in [0.15, 0.2) is 0 Å². The zero-order chi connectivity index (χ0) is 20.8. The number of nitrogens with one attached hydrogen (secondary N) is 1. The van der Waals surface area contributed by atoms with Gasteiger partial charge in [0.1, 0.15) is 17.9 Å². The molecule has 8 heteroatoms. The molecule has 2 aromatic rings. The first-order chi connectivity index (χ1) is 13.8. The van der Waals surface area contributed by atoms with Gasteiger partial charge < -0.3 is 10.2 Å². The fourth-order valence-electron chi connectivity index (χ4n) is 3.86. The second-order valence-electron chi connectivity index (χ2n) is 7.40. The maximum Gasteiger partial charge on any atom is 0.325 e. The van der Waals surface area contributed by atoms with E-state index >= 15 is 0 Å². The van der Waals surface area contributed by atoms with E-state index in [2.05, 4.69) is 5.32 Å². The van der Waals surface area contributed by atoms with E-state index < -0.39 is 23.3 Å². The number of fused-ring (bicyclic) bond motifs is 1. The van der Waals surface area contributed by atoms with Gasteiger partial charge >= 0.3 is 6.03 Å².